The van der Waals surface area contributed by atoms with Crippen LogP contribution >= 0.6 is 0 Å². The van der Waals surface area contributed by atoms with Gasteiger partial charge in [0.05, 0.1) is 17.4 Å². The number of nitrogens with one attached hydrogen (secondary N) is 2. The van der Waals surface area contributed by atoms with E-state index in [0.717, 1.165) is 22.3 Å². The van der Waals surface area contributed by atoms with E-state index in [9.17, 15) is 4.79 Å². The smallest absolute Gasteiger partial charge is 0.248 e. The summed E-state index contributed by atoms with van der Waals surface area (Å²) in [5.74, 6) is -0.200. The van der Waals surface area contributed by atoms with Gasteiger partial charge in [-0.1, -0.05) is 6.07 Å². The van der Waals surface area contributed by atoms with Crippen LogP contribution in [-0.4, -0.2) is 21.1 Å². The molecule has 0 spiro atoms. The Morgan fingerprint density at radius 3 is 3.05 bits per heavy atom. The molecule has 98 valence electrons. The van der Waals surface area contributed by atoms with Crippen molar-refractivity contribution in [1.29, 1.82) is 0 Å². The third kappa shape index (κ3) is 2.72. The molecule has 0 radical (unpaired) electrons. The standard InChI is InChI=1S/C15H12N4O/c20-15(7-6-12-3-1-2-8-16-12)18-13-5-4-11-10-17-19-14(11)9-13/h1-10H,(H,17,19)(H,18,20)/b7-6+. The Kier molecular flexibility index (Phi) is 3.24. The SMILES string of the molecule is O=C(/C=C/c1ccccn1)Nc1ccc2cn[nH]c2c1. The van der Waals surface area contributed by atoms with Crippen molar-refractivity contribution in [2.24, 2.45) is 0 Å². The molecule has 0 bridgehead atoms. The van der Waals surface area contributed by atoms with E-state index < -0.39 is 0 Å². The van der Waals surface area contributed by atoms with Crippen LogP contribution in [0.5, 0.6) is 0 Å². The molecule has 3 rings (SSSR count). The van der Waals surface area contributed by atoms with Crippen molar-refractivity contribution in [3.63, 3.8) is 0 Å². The molecular formula is C15H12N4O. The Morgan fingerprint density at radius 2 is 2.20 bits per heavy atom. The van der Waals surface area contributed by atoms with Crippen LogP contribution in [0.1, 0.15) is 5.69 Å². The quantitative estimate of drug-likeness (QED) is 0.714. The topological polar surface area (TPSA) is 70.7 Å². The second kappa shape index (κ2) is 5.36. The number of rotatable bonds is 3. The summed E-state index contributed by atoms with van der Waals surface area (Å²) in [4.78, 5) is 15.9. The summed E-state index contributed by atoms with van der Waals surface area (Å²) < 4.78 is 0. The number of hydrogen-bond acceptors (Lipinski definition) is 3. The van der Waals surface area contributed by atoms with Gasteiger partial charge < -0.3 is 5.32 Å². The molecule has 0 atom stereocenters. The number of carbonyl (C=O) groups is 1. The van der Waals surface area contributed by atoms with Crippen LogP contribution in [0.15, 0.2) is 54.9 Å². The highest BCUT2D eigenvalue weighted by atomic mass is 16.1. The fourth-order valence-electron chi connectivity index (χ4n) is 1.83. The molecule has 2 aromatic heterocycles. The first kappa shape index (κ1) is 12.1. The van der Waals surface area contributed by atoms with Gasteiger partial charge in [0.2, 0.25) is 5.91 Å². The van der Waals surface area contributed by atoms with Gasteiger partial charge in [-0.2, -0.15) is 5.10 Å². The lowest BCUT2D eigenvalue weighted by atomic mass is 10.2. The first-order chi connectivity index (χ1) is 9.81. The summed E-state index contributed by atoms with van der Waals surface area (Å²) in [7, 11) is 0. The van der Waals surface area contributed by atoms with E-state index in [1.807, 2.05) is 36.4 Å². The number of H-pyrrole nitrogens is 1. The van der Waals surface area contributed by atoms with Crippen molar-refractivity contribution in [1.82, 2.24) is 15.2 Å². The zero-order chi connectivity index (χ0) is 13.8. The minimum Gasteiger partial charge on any atom is -0.322 e. The highest BCUT2D eigenvalue weighted by molar-refractivity contribution is 6.02. The molecule has 0 saturated carbocycles. The van der Waals surface area contributed by atoms with Crippen molar-refractivity contribution < 1.29 is 4.79 Å². The molecule has 20 heavy (non-hydrogen) atoms. The molecule has 0 saturated heterocycles. The molecule has 0 aliphatic carbocycles. The van der Waals surface area contributed by atoms with Gasteiger partial charge in [0.25, 0.3) is 0 Å². The van der Waals surface area contributed by atoms with Crippen LogP contribution in [0, 0.1) is 0 Å². The molecule has 1 amide bonds. The van der Waals surface area contributed by atoms with E-state index in [0.29, 0.717) is 0 Å². The number of pyridine rings is 1. The van der Waals surface area contributed by atoms with Crippen LogP contribution in [0.25, 0.3) is 17.0 Å². The Hall–Kier alpha value is -2.95. The maximum absolute atomic E-state index is 11.8. The predicted octanol–water partition coefficient (Wildman–Crippen LogP) is 2.61. The third-order valence-corrected chi connectivity index (χ3v) is 2.80. The summed E-state index contributed by atoms with van der Waals surface area (Å²) >= 11 is 0. The largest absolute Gasteiger partial charge is 0.322 e. The molecule has 0 aliphatic heterocycles. The Balaban J connectivity index is 1.70. The lowest BCUT2D eigenvalue weighted by molar-refractivity contribution is -0.111. The third-order valence-electron chi connectivity index (χ3n) is 2.80. The van der Waals surface area contributed by atoms with Crippen molar-refractivity contribution >= 4 is 28.6 Å². The predicted molar refractivity (Wildman–Crippen MR) is 78.0 cm³/mol. The van der Waals surface area contributed by atoms with E-state index >= 15 is 0 Å². The summed E-state index contributed by atoms with van der Waals surface area (Å²) in [6, 6.07) is 11.1. The molecule has 0 unspecified atom stereocenters. The fourth-order valence-corrected chi connectivity index (χ4v) is 1.83. The number of hydrogen-bond donors (Lipinski definition) is 2. The Bertz CT molecular complexity index is 762. The van der Waals surface area contributed by atoms with Crippen molar-refractivity contribution in [2.45, 2.75) is 0 Å². The second-order valence-electron chi connectivity index (χ2n) is 4.25. The van der Waals surface area contributed by atoms with Crippen molar-refractivity contribution in [3.05, 3.63) is 60.6 Å². The zero-order valence-corrected chi connectivity index (χ0v) is 10.6. The molecule has 2 heterocycles. The molecule has 3 aromatic rings. The van der Waals surface area contributed by atoms with E-state index in [1.165, 1.54) is 6.08 Å². The summed E-state index contributed by atoms with van der Waals surface area (Å²) in [6.45, 7) is 0. The van der Waals surface area contributed by atoms with Gasteiger partial charge >= 0.3 is 0 Å². The van der Waals surface area contributed by atoms with E-state index in [1.54, 1.807) is 18.5 Å². The first-order valence-corrected chi connectivity index (χ1v) is 6.14. The van der Waals surface area contributed by atoms with Gasteiger partial charge in [-0.05, 0) is 36.4 Å². The Labute approximate surface area is 115 Å². The van der Waals surface area contributed by atoms with Crippen LogP contribution in [0.3, 0.4) is 0 Å². The minimum atomic E-state index is -0.200. The lowest BCUT2D eigenvalue weighted by Gasteiger charge is -2.01. The number of aromatic nitrogens is 3. The molecule has 5 heteroatoms. The number of carbonyl (C=O) groups excluding carboxylic acids is 1. The van der Waals surface area contributed by atoms with Crippen LogP contribution in [0.2, 0.25) is 0 Å². The van der Waals surface area contributed by atoms with Gasteiger partial charge in [-0.15, -0.1) is 0 Å². The molecule has 0 aliphatic rings. The average molecular weight is 264 g/mol. The second-order valence-corrected chi connectivity index (χ2v) is 4.25. The van der Waals surface area contributed by atoms with Gasteiger partial charge in [-0.3, -0.25) is 14.9 Å². The Morgan fingerprint density at radius 1 is 1.25 bits per heavy atom. The average Bonchev–Trinajstić information content (AvgIpc) is 2.94. The van der Waals surface area contributed by atoms with E-state index in [-0.39, 0.29) is 5.91 Å². The molecule has 2 N–H and O–H groups in total. The number of amides is 1. The van der Waals surface area contributed by atoms with Crippen molar-refractivity contribution in [2.75, 3.05) is 5.32 Å². The monoisotopic (exact) mass is 264 g/mol. The number of nitrogens with zero attached hydrogens (tertiary/aromatic N) is 2. The summed E-state index contributed by atoms with van der Waals surface area (Å²) in [5.41, 5.74) is 2.35. The van der Waals surface area contributed by atoms with Crippen LogP contribution in [-0.2, 0) is 4.79 Å². The number of benzene rings is 1. The van der Waals surface area contributed by atoms with Crippen LogP contribution in [0.4, 0.5) is 5.69 Å². The molecule has 5 nitrogen and oxygen atoms in total. The normalized spacial score (nSPS) is 11.0. The number of anilines is 1. The molecule has 0 fully saturated rings. The first-order valence-electron chi connectivity index (χ1n) is 6.14. The summed E-state index contributed by atoms with van der Waals surface area (Å²) in [5, 5.41) is 10.6. The summed E-state index contributed by atoms with van der Waals surface area (Å²) in [6.07, 6.45) is 6.55. The zero-order valence-electron chi connectivity index (χ0n) is 10.6. The lowest BCUT2D eigenvalue weighted by Crippen LogP contribution is -2.07. The van der Waals surface area contributed by atoms with Gasteiger partial charge in [-0.25, -0.2) is 0 Å². The highest BCUT2D eigenvalue weighted by Crippen LogP contribution is 2.16. The number of fused-ring (bicyclic) bond motifs is 1. The van der Waals surface area contributed by atoms with Crippen LogP contribution < -0.4 is 5.32 Å². The fraction of sp³-hybridized carbons (Fsp3) is 0. The maximum atomic E-state index is 11.8. The van der Waals surface area contributed by atoms with Crippen molar-refractivity contribution in [3.8, 4) is 0 Å². The van der Waals surface area contributed by atoms with Gasteiger partial charge in [0.1, 0.15) is 0 Å². The maximum Gasteiger partial charge on any atom is 0.248 e. The van der Waals surface area contributed by atoms with E-state index in [4.69, 9.17) is 0 Å². The molecular weight excluding hydrogens is 252 g/mol. The minimum absolute atomic E-state index is 0.200. The van der Waals surface area contributed by atoms with E-state index in [2.05, 4.69) is 20.5 Å². The number of aromatic amines is 1. The van der Waals surface area contributed by atoms with Gasteiger partial charge in [0.15, 0.2) is 0 Å². The van der Waals surface area contributed by atoms with Gasteiger partial charge in [0, 0.05) is 23.3 Å². The molecule has 1 aromatic carbocycles. The highest BCUT2D eigenvalue weighted by Gasteiger charge is 2.00.